The number of carbonyl (C=O) groups is 1. The lowest BCUT2D eigenvalue weighted by atomic mass is 10.1. The maximum atomic E-state index is 11.9. The minimum Gasteiger partial charge on any atom is -0.346 e. The first-order valence-electron chi connectivity index (χ1n) is 6.87. The molecule has 6 nitrogen and oxygen atoms in total. The van der Waals surface area contributed by atoms with Crippen molar-refractivity contribution in [3.05, 3.63) is 66.0 Å². The Labute approximate surface area is 135 Å². The lowest BCUT2D eigenvalue weighted by Crippen LogP contribution is -2.24. The van der Waals surface area contributed by atoms with Gasteiger partial charge in [-0.25, -0.2) is 13.6 Å². The van der Waals surface area contributed by atoms with Gasteiger partial charge in [0.25, 0.3) is 0 Å². The highest BCUT2D eigenvalue weighted by Gasteiger charge is 2.08. The quantitative estimate of drug-likeness (QED) is 0.813. The lowest BCUT2D eigenvalue weighted by molar-refractivity contribution is -0.117. The zero-order valence-corrected chi connectivity index (χ0v) is 13.3. The van der Waals surface area contributed by atoms with E-state index in [1.54, 1.807) is 36.7 Å². The van der Waals surface area contributed by atoms with E-state index in [2.05, 4.69) is 10.3 Å². The number of rotatable bonds is 5. The molecule has 23 heavy (non-hydrogen) atoms. The average Bonchev–Trinajstić information content (AvgIpc) is 2.53. The van der Waals surface area contributed by atoms with E-state index in [1.807, 2.05) is 13.0 Å². The first kappa shape index (κ1) is 16.9. The van der Waals surface area contributed by atoms with Gasteiger partial charge in [-0.15, -0.1) is 0 Å². The van der Waals surface area contributed by atoms with Crippen LogP contribution >= 0.6 is 0 Å². The molecular formula is C16H17N3O3S. The van der Waals surface area contributed by atoms with Crippen molar-refractivity contribution in [1.29, 1.82) is 0 Å². The van der Waals surface area contributed by atoms with Crippen molar-refractivity contribution in [3.8, 4) is 0 Å². The maximum absolute atomic E-state index is 11.9. The summed E-state index contributed by atoms with van der Waals surface area (Å²) in [7, 11) is -3.71. The molecule has 0 fully saturated rings. The van der Waals surface area contributed by atoms with Crippen LogP contribution in [0, 0.1) is 0 Å². The Hall–Kier alpha value is -2.51. The summed E-state index contributed by atoms with van der Waals surface area (Å²) in [4.78, 5) is 15.9. The number of carbonyl (C=O) groups excluding carboxylic acids is 1. The van der Waals surface area contributed by atoms with Crippen LogP contribution in [0.5, 0.6) is 0 Å². The molecule has 3 N–H and O–H groups in total. The number of primary sulfonamides is 1. The van der Waals surface area contributed by atoms with Gasteiger partial charge in [-0.05, 0) is 42.3 Å². The van der Waals surface area contributed by atoms with Gasteiger partial charge in [0.2, 0.25) is 15.9 Å². The second-order valence-electron chi connectivity index (χ2n) is 4.96. The molecule has 1 amide bonds. The van der Waals surface area contributed by atoms with Gasteiger partial charge in [-0.2, -0.15) is 0 Å². The number of nitrogens with zero attached hydrogens (tertiary/aromatic N) is 1. The van der Waals surface area contributed by atoms with Crippen LogP contribution in [-0.4, -0.2) is 19.3 Å². The van der Waals surface area contributed by atoms with E-state index in [9.17, 15) is 13.2 Å². The zero-order chi connectivity index (χ0) is 16.9. The molecule has 7 heteroatoms. The molecule has 2 aromatic rings. The summed E-state index contributed by atoms with van der Waals surface area (Å²) in [5.41, 5.74) is 1.60. The summed E-state index contributed by atoms with van der Waals surface area (Å²) < 4.78 is 22.3. The van der Waals surface area contributed by atoms with Crippen LogP contribution < -0.4 is 10.5 Å². The number of pyridine rings is 1. The Morgan fingerprint density at radius 3 is 2.52 bits per heavy atom. The number of nitrogens with two attached hydrogens (primary N) is 1. The van der Waals surface area contributed by atoms with Gasteiger partial charge in [-0.1, -0.05) is 18.2 Å². The Morgan fingerprint density at radius 1 is 1.26 bits per heavy atom. The second kappa shape index (κ2) is 7.17. The van der Waals surface area contributed by atoms with Gasteiger partial charge >= 0.3 is 0 Å². The molecule has 0 bridgehead atoms. The second-order valence-corrected chi connectivity index (χ2v) is 6.53. The number of aromatic nitrogens is 1. The van der Waals surface area contributed by atoms with Crippen molar-refractivity contribution in [2.75, 3.05) is 0 Å². The first-order chi connectivity index (χ1) is 10.9. The Bertz CT molecular complexity index is 800. The topological polar surface area (TPSA) is 102 Å². The summed E-state index contributed by atoms with van der Waals surface area (Å²) in [5, 5.41) is 7.84. The highest BCUT2D eigenvalue weighted by molar-refractivity contribution is 7.89. The van der Waals surface area contributed by atoms with Gasteiger partial charge in [-0.3, -0.25) is 9.78 Å². The van der Waals surface area contributed by atoms with Gasteiger partial charge in [0, 0.05) is 18.5 Å². The average molecular weight is 331 g/mol. The van der Waals surface area contributed by atoms with E-state index < -0.39 is 10.0 Å². The van der Waals surface area contributed by atoms with Gasteiger partial charge in [0.1, 0.15) is 0 Å². The summed E-state index contributed by atoms with van der Waals surface area (Å²) in [6.07, 6.45) is 6.35. The van der Waals surface area contributed by atoms with Crippen molar-refractivity contribution in [3.63, 3.8) is 0 Å². The first-order valence-corrected chi connectivity index (χ1v) is 8.42. The number of amides is 1. The number of benzene rings is 1. The molecule has 1 unspecified atom stereocenters. The molecular weight excluding hydrogens is 314 g/mol. The van der Waals surface area contributed by atoms with Crippen LogP contribution in [0.4, 0.5) is 0 Å². The SMILES string of the molecule is CC(NC(=O)/C=C/c1ccc(S(N)(=O)=O)cc1)c1cccnc1. The molecule has 1 aromatic carbocycles. The highest BCUT2D eigenvalue weighted by Crippen LogP contribution is 2.11. The molecule has 0 aliphatic heterocycles. The van der Waals surface area contributed by atoms with E-state index >= 15 is 0 Å². The Balaban J connectivity index is 1.98. The van der Waals surface area contributed by atoms with E-state index in [4.69, 9.17) is 5.14 Å². The minimum atomic E-state index is -3.71. The zero-order valence-electron chi connectivity index (χ0n) is 12.5. The van der Waals surface area contributed by atoms with Crippen molar-refractivity contribution < 1.29 is 13.2 Å². The van der Waals surface area contributed by atoms with Crippen molar-refractivity contribution in [2.24, 2.45) is 5.14 Å². The molecule has 1 aromatic heterocycles. The van der Waals surface area contributed by atoms with Gasteiger partial charge in [0.05, 0.1) is 10.9 Å². The predicted molar refractivity (Wildman–Crippen MR) is 87.6 cm³/mol. The summed E-state index contributed by atoms with van der Waals surface area (Å²) in [5.74, 6) is -0.253. The fourth-order valence-electron chi connectivity index (χ4n) is 1.92. The Morgan fingerprint density at radius 2 is 1.96 bits per heavy atom. The van der Waals surface area contributed by atoms with E-state index in [-0.39, 0.29) is 16.8 Å². The van der Waals surface area contributed by atoms with Crippen LogP contribution in [0.1, 0.15) is 24.1 Å². The van der Waals surface area contributed by atoms with Gasteiger partial charge < -0.3 is 5.32 Å². The van der Waals surface area contributed by atoms with E-state index in [0.717, 1.165) is 5.56 Å². The third kappa shape index (κ3) is 5.01. The van der Waals surface area contributed by atoms with Crippen molar-refractivity contribution >= 4 is 22.0 Å². The fraction of sp³-hybridized carbons (Fsp3) is 0.125. The smallest absolute Gasteiger partial charge is 0.244 e. The van der Waals surface area contributed by atoms with Crippen LogP contribution in [-0.2, 0) is 14.8 Å². The molecule has 0 aliphatic rings. The molecule has 1 heterocycles. The molecule has 0 saturated carbocycles. The third-order valence-corrected chi connectivity index (χ3v) is 4.11. The summed E-state index contributed by atoms with van der Waals surface area (Å²) >= 11 is 0. The molecule has 1 atom stereocenters. The molecule has 0 spiro atoms. The van der Waals surface area contributed by atoms with Crippen molar-refractivity contribution in [2.45, 2.75) is 17.9 Å². The standard InChI is InChI=1S/C16H17N3O3S/c1-12(14-3-2-10-18-11-14)19-16(20)9-6-13-4-7-15(8-5-13)23(17,21)22/h2-12H,1H3,(H,19,20)(H2,17,21,22)/b9-6+. The molecule has 2 rings (SSSR count). The van der Waals surface area contributed by atoms with Crippen molar-refractivity contribution in [1.82, 2.24) is 10.3 Å². The largest absolute Gasteiger partial charge is 0.346 e. The molecule has 0 radical (unpaired) electrons. The van der Waals surface area contributed by atoms with Gasteiger partial charge in [0.15, 0.2) is 0 Å². The highest BCUT2D eigenvalue weighted by atomic mass is 32.2. The van der Waals surface area contributed by atoms with E-state index in [0.29, 0.717) is 5.56 Å². The fourth-order valence-corrected chi connectivity index (χ4v) is 2.43. The minimum absolute atomic E-state index is 0.0318. The monoisotopic (exact) mass is 331 g/mol. The Kier molecular flexibility index (Phi) is 5.25. The summed E-state index contributed by atoms with van der Waals surface area (Å²) in [6.45, 7) is 1.86. The van der Waals surface area contributed by atoms with Crippen LogP contribution in [0.15, 0.2) is 59.8 Å². The molecule has 0 aliphatic carbocycles. The third-order valence-electron chi connectivity index (χ3n) is 3.18. The van der Waals surface area contributed by atoms with Crippen LogP contribution in [0.2, 0.25) is 0 Å². The molecule has 0 saturated heterocycles. The van der Waals surface area contributed by atoms with E-state index in [1.165, 1.54) is 18.2 Å². The number of sulfonamides is 1. The number of hydrogen-bond acceptors (Lipinski definition) is 4. The predicted octanol–water partition coefficient (Wildman–Crippen LogP) is 1.62. The number of nitrogens with one attached hydrogen (secondary N) is 1. The number of hydrogen-bond donors (Lipinski definition) is 2. The molecule has 120 valence electrons. The maximum Gasteiger partial charge on any atom is 0.244 e. The van der Waals surface area contributed by atoms with Crippen LogP contribution in [0.3, 0.4) is 0 Å². The van der Waals surface area contributed by atoms with Crippen LogP contribution in [0.25, 0.3) is 6.08 Å². The normalized spacial score (nSPS) is 13.0. The lowest BCUT2D eigenvalue weighted by Gasteiger charge is -2.11. The summed E-state index contributed by atoms with van der Waals surface area (Å²) in [6, 6.07) is 9.47.